The highest BCUT2D eigenvalue weighted by molar-refractivity contribution is 7.98. The molecule has 11 nitrogen and oxygen atoms in total. The fourth-order valence-corrected chi connectivity index (χ4v) is 3.97. The lowest BCUT2D eigenvalue weighted by Gasteiger charge is -2.07. The van der Waals surface area contributed by atoms with Crippen molar-refractivity contribution in [1.82, 2.24) is 30.7 Å². The van der Waals surface area contributed by atoms with Gasteiger partial charge in [0.2, 0.25) is 11.6 Å². The second-order valence-electron chi connectivity index (χ2n) is 7.27. The summed E-state index contributed by atoms with van der Waals surface area (Å²) in [6, 6.07) is 14.6. The molecule has 0 aliphatic heterocycles. The molecule has 0 bridgehead atoms. The van der Waals surface area contributed by atoms with Crippen molar-refractivity contribution in [1.29, 1.82) is 0 Å². The van der Waals surface area contributed by atoms with Gasteiger partial charge in [-0.3, -0.25) is 4.79 Å². The van der Waals surface area contributed by atoms with Gasteiger partial charge in [0.05, 0.1) is 11.4 Å². The van der Waals surface area contributed by atoms with E-state index in [4.69, 9.17) is 10.4 Å². The SMILES string of the molecule is CC/C(=N\NC(=O)c1nnn(-c2nonc2N)c1CSc1ccc(C)cc1)c1ccc(O)cc1. The van der Waals surface area contributed by atoms with Crippen LogP contribution in [0.1, 0.15) is 40.7 Å². The zero-order valence-corrected chi connectivity index (χ0v) is 19.3. The fraction of sp³-hybridized carbons (Fsp3) is 0.182. The summed E-state index contributed by atoms with van der Waals surface area (Å²) in [6.45, 7) is 3.93. The number of amides is 1. The molecule has 174 valence electrons. The van der Waals surface area contributed by atoms with Gasteiger partial charge in [-0.05, 0) is 65.6 Å². The number of nitrogen functional groups attached to an aromatic ring is 1. The third-order valence-corrected chi connectivity index (χ3v) is 5.92. The van der Waals surface area contributed by atoms with E-state index in [1.54, 1.807) is 24.3 Å². The number of rotatable bonds is 8. The summed E-state index contributed by atoms with van der Waals surface area (Å²) < 4.78 is 6.03. The van der Waals surface area contributed by atoms with Gasteiger partial charge in [0.1, 0.15) is 5.75 Å². The second-order valence-corrected chi connectivity index (χ2v) is 8.32. The number of carbonyl (C=O) groups is 1. The van der Waals surface area contributed by atoms with E-state index in [9.17, 15) is 9.90 Å². The number of thioether (sulfide) groups is 1. The van der Waals surface area contributed by atoms with Gasteiger partial charge in [-0.1, -0.05) is 29.8 Å². The highest BCUT2D eigenvalue weighted by atomic mass is 32.2. The summed E-state index contributed by atoms with van der Waals surface area (Å²) in [5.41, 5.74) is 11.5. The number of aromatic hydroxyl groups is 1. The van der Waals surface area contributed by atoms with Gasteiger partial charge in [0.15, 0.2) is 5.69 Å². The number of hydrogen-bond donors (Lipinski definition) is 3. The van der Waals surface area contributed by atoms with E-state index in [0.717, 1.165) is 16.0 Å². The highest BCUT2D eigenvalue weighted by Gasteiger charge is 2.24. The molecule has 4 N–H and O–H groups in total. The Balaban J connectivity index is 1.61. The van der Waals surface area contributed by atoms with Crippen LogP contribution in [0, 0.1) is 6.92 Å². The number of hydrogen-bond acceptors (Lipinski definition) is 10. The Morgan fingerprint density at radius 1 is 1.18 bits per heavy atom. The lowest BCUT2D eigenvalue weighted by atomic mass is 10.1. The first-order valence-corrected chi connectivity index (χ1v) is 11.3. The van der Waals surface area contributed by atoms with Gasteiger partial charge in [0.25, 0.3) is 5.91 Å². The minimum atomic E-state index is -0.537. The topological polar surface area (TPSA) is 157 Å². The van der Waals surface area contributed by atoms with Crippen molar-refractivity contribution in [2.75, 3.05) is 5.73 Å². The molecular formula is C22H22N8O3S. The monoisotopic (exact) mass is 478 g/mol. The first-order valence-electron chi connectivity index (χ1n) is 10.3. The molecule has 0 aliphatic rings. The Bertz CT molecular complexity index is 1310. The van der Waals surface area contributed by atoms with Crippen LogP contribution in [0.5, 0.6) is 5.75 Å². The molecule has 0 saturated carbocycles. The largest absolute Gasteiger partial charge is 0.508 e. The molecule has 34 heavy (non-hydrogen) atoms. The molecule has 0 fully saturated rings. The molecule has 0 radical (unpaired) electrons. The summed E-state index contributed by atoms with van der Waals surface area (Å²) in [5.74, 6) is 0.139. The minimum absolute atomic E-state index is 0.0251. The van der Waals surface area contributed by atoms with Crippen molar-refractivity contribution in [2.45, 2.75) is 30.9 Å². The third kappa shape index (κ3) is 5.07. The van der Waals surface area contributed by atoms with Crippen LogP contribution in [-0.4, -0.2) is 42.0 Å². The van der Waals surface area contributed by atoms with E-state index in [0.29, 0.717) is 23.6 Å². The van der Waals surface area contributed by atoms with Gasteiger partial charge in [-0.2, -0.15) is 9.78 Å². The van der Waals surface area contributed by atoms with Crippen LogP contribution in [-0.2, 0) is 5.75 Å². The predicted octanol–water partition coefficient (Wildman–Crippen LogP) is 3.08. The van der Waals surface area contributed by atoms with Crippen LogP contribution in [0.3, 0.4) is 0 Å². The van der Waals surface area contributed by atoms with Gasteiger partial charge in [0, 0.05) is 10.6 Å². The van der Waals surface area contributed by atoms with Crippen molar-refractivity contribution < 1.29 is 14.5 Å². The average molecular weight is 479 g/mol. The zero-order valence-electron chi connectivity index (χ0n) is 18.5. The number of aromatic nitrogens is 5. The Kier molecular flexibility index (Phi) is 6.87. The first-order chi connectivity index (χ1) is 16.5. The molecule has 2 aromatic heterocycles. The number of nitrogens with zero attached hydrogens (tertiary/aromatic N) is 6. The number of carbonyl (C=O) groups excluding carboxylic acids is 1. The summed E-state index contributed by atoms with van der Waals surface area (Å²) in [5, 5.41) is 29.2. The molecule has 0 saturated heterocycles. The molecule has 2 aromatic carbocycles. The average Bonchev–Trinajstić information content (AvgIpc) is 3.45. The number of hydrazone groups is 1. The highest BCUT2D eigenvalue weighted by Crippen LogP contribution is 2.26. The number of nitrogens with two attached hydrogens (primary N) is 1. The third-order valence-electron chi connectivity index (χ3n) is 4.90. The molecule has 1 amide bonds. The van der Waals surface area contributed by atoms with Crippen molar-refractivity contribution in [3.05, 3.63) is 71.0 Å². The number of phenolic OH excluding ortho intramolecular Hbond substituents is 1. The summed E-state index contributed by atoms with van der Waals surface area (Å²) in [7, 11) is 0. The zero-order chi connectivity index (χ0) is 24.1. The second kappa shape index (κ2) is 10.2. The molecular weight excluding hydrogens is 456 g/mol. The smallest absolute Gasteiger partial charge is 0.293 e. The van der Waals surface area contributed by atoms with E-state index < -0.39 is 5.91 Å². The molecule has 4 rings (SSSR count). The molecule has 4 aromatic rings. The van der Waals surface area contributed by atoms with Crippen molar-refractivity contribution >= 4 is 29.2 Å². The lowest BCUT2D eigenvalue weighted by molar-refractivity contribution is 0.0949. The summed E-state index contributed by atoms with van der Waals surface area (Å²) >= 11 is 1.50. The number of phenols is 1. The number of aryl methyl sites for hydroxylation is 1. The number of benzene rings is 2. The van der Waals surface area contributed by atoms with Crippen LogP contribution in [0.2, 0.25) is 0 Å². The van der Waals surface area contributed by atoms with E-state index in [1.165, 1.54) is 16.4 Å². The maximum absolute atomic E-state index is 13.0. The van der Waals surface area contributed by atoms with Crippen LogP contribution < -0.4 is 11.2 Å². The molecule has 0 atom stereocenters. The fourth-order valence-electron chi connectivity index (χ4n) is 3.07. The molecule has 0 spiro atoms. The normalized spacial score (nSPS) is 11.5. The van der Waals surface area contributed by atoms with Gasteiger partial charge >= 0.3 is 0 Å². The molecule has 0 unspecified atom stereocenters. The summed E-state index contributed by atoms with van der Waals surface area (Å²) in [6.07, 6.45) is 0.565. The van der Waals surface area contributed by atoms with E-state index >= 15 is 0 Å². The number of anilines is 1. The van der Waals surface area contributed by atoms with Gasteiger partial charge < -0.3 is 10.8 Å². The Hall–Kier alpha value is -4.19. The maximum Gasteiger partial charge on any atom is 0.293 e. The lowest BCUT2D eigenvalue weighted by Crippen LogP contribution is -2.22. The summed E-state index contributed by atoms with van der Waals surface area (Å²) in [4.78, 5) is 14.0. The van der Waals surface area contributed by atoms with E-state index in [1.807, 2.05) is 38.1 Å². The van der Waals surface area contributed by atoms with Gasteiger partial charge in [-0.25, -0.2) is 10.1 Å². The molecule has 12 heteroatoms. The van der Waals surface area contributed by atoms with Crippen LogP contribution in [0.4, 0.5) is 5.82 Å². The van der Waals surface area contributed by atoms with Gasteiger partial charge in [-0.15, -0.1) is 16.9 Å². The Morgan fingerprint density at radius 3 is 2.56 bits per heavy atom. The van der Waals surface area contributed by atoms with Crippen LogP contribution in [0.15, 0.2) is 63.2 Å². The van der Waals surface area contributed by atoms with Crippen LogP contribution >= 0.6 is 11.8 Å². The van der Waals surface area contributed by atoms with Crippen molar-refractivity contribution in [3.63, 3.8) is 0 Å². The molecule has 2 heterocycles. The Labute approximate surface area is 199 Å². The maximum atomic E-state index is 13.0. The minimum Gasteiger partial charge on any atom is -0.508 e. The quantitative estimate of drug-likeness (QED) is 0.197. The van der Waals surface area contributed by atoms with Crippen LogP contribution in [0.25, 0.3) is 5.82 Å². The van der Waals surface area contributed by atoms with E-state index in [-0.39, 0.29) is 23.1 Å². The van der Waals surface area contributed by atoms with Crippen molar-refractivity contribution in [2.24, 2.45) is 5.10 Å². The van der Waals surface area contributed by atoms with E-state index in [2.05, 4.69) is 31.2 Å². The number of nitrogens with one attached hydrogen (secondary N) is 1. The first kappa shape index (κ1) is 23.0. The predicted molar refractivity (Wildman–Crippen MR) is 127 cm³/mol. The standard InChI is InChI=1S/C22H22N8O3S/c1-3-17(14-6-8-15(31)9-7-14)24-26-22(32)19-18(12-34-16-10-4-13(2)5-11-16)30(29-25-19)21-20(23)27-33-28-21/h4-11,31H,3,12H2,1-2H3,(H2,23,27)(H,26,32)/b24-17+. The van der Waals surface area contributed by atoms with Crippen molar-refractivity contribution in [3.8, 4) is 11.6 Å². The molecule has 0 aliphatic carbocycles. The Morgan fingerprint density at radius 2 is 1.91 bits per heavy atom.